The van der Waals surface area contributed by atoms with E-state index in [0.717, 1.165) is 16.7 Å². The zero-order chi connectivity index (χ0) is 21.1. The third-order valence-corrected chi connectivity index (χ3v) is 5.61. The van der Waals surface area contributed by atoms with Gasteiger partial charge in [-0.3, -0.25) is 24.6 Å². The number of amides is 2. The summed E-state index contributed by atoms with van der Waals surface area (Å²) in [6.07, 6.45) is 1.60. The highest BCUT2D eigenvalue weighted by Crippen LogP contribution is 2.39. The molecule has 29 heavy (non-hydrogen) atoms. The Kier molecular flexibility index (Phi) is 6.23. The summed E-state index contributed by atoms with van der Waals surface area (Å²) in [4.78, 5) is 36.6. The lowest BCUT2D eigenvalue weighted by atomic mass is 10.1. The van der Waals surface area contributed by atoms with E-state index < -0.39 is 16.1 Å². The van der Waals surface area contributed by atoms with Crippen LogP contribution in [-0.2, 0) is 11.3 Å². The molecule has 8 nitrogen and oxygen atoms in total. The van der Waals surface area contributed by atoms with Gasteiger partial charge in [0.15, 0.2) is 11.5 Å². The van der Waals surface area contributed by atoms with Crippen molar-refractivity contribution in [3.63, 3.8) is 0 Å². The minimum Gasteiger partial charge on any atom is -0.493 e. The lowest BCUT2D eigenvalue weighted by Crippen LogP contribution is -2.27. The summed E-state index contributed by atoms with van der Waals surface area (Å²) in [5, 5.41) is 10.3. The van der Waals surface area contributed by atoms with E-state index in [1.807, 2.05) is 0 Å². The van der Waals surface area contributed by atoms with Crippen molar-refractivity contribution in [2.24, 2.45) is 0 Å². The number of carbonyl (C=O) groups excluding carboxylic acids is 2. The number of hydrogen-bond acceptors (Lipinski definition) is 7. The number of ether oxygens (including phenoxy) is 2. The highest BCUT2D eigenvalue weighted by molar-refractivity contribution is 9.10. The number of thioether (sulfide) groups is 1. The molecular weight excluding hydrogens is 464 g/mol. The van der Waals surface area contributed by atoms with Crippen molar-refractivity contribution in [2.45, 2.75) is 6.54 Å². The molecule has 3 rings (SSSR count). The molecule has 2 aromatic rings. The predicted molar refractivity (Wildman–Crippen MR) is 112 cm³/mol. The van der Waals surface area contributed by atoms with E-state index in [4.69, 9.17) is 9.47 Å². The molecular formula is C19H15BrN2O6S. The van der Waals surface area contributed by atoms with Crippen molar-refractivity contribution >= 4 is 50.6 Å². The van der Waals surface area contributed by atoms with Crippen molar-refractivity contribution in [1.29, 1.82) is 0 Å². The molecule has 1 aliphatic heterocycles. The number of hydrogen-bond donors (Lipinski definition) is 0. The smallest absolute Gasteiger partial charge is 0.293 e. The molecule has 0 unspecified atom stereocenters. The van der Waals surface area contributed by atoms with E-state index in [1.165, 1.54) is 38.5 Å². The molecule has 150 valence electrons. The van der Waals surface area contributed by atoms with Gasteiger partial charge in [-0.05, 0) is 57.0 Å². The number of non-ortho nitro benzene ring substituents is 1. The SMILES string of the molecule is COc1cc(/C=C2\SC(=O)N(Cc3ccc([N+](=O)[O-])cc3)C2=O)cc(Br)c1OC. The van der Waals surface area contributed by atoms with Gasteiger partial charge in [-0.2, -0.15) is 0 Å². The number of benzene rings is 2. The number of carbonyl (C=O) groups is 2. The van der Waals surface area contributed by atoms with Crippen molar-refractivity contribution in [1.82, 2.24) is 4.90 Å². The summed E-state index contributed by atoms with van der Waals surface area (Å²) in [5.74, 6) is 0.582. The van der Waals surface area contributed by atoms with Gasteiger partial charge in [-0.25, -0.2) is 0 Å². The number of nitro benzene ring substituents is 1. The second-order valence-electron chi connectivity index (χ2n) is 5.93. The van der Waals surface area contributed by atoms with Gasteiger partial charge in [0, 0.05) is 12.1 Å². The fraction of sp³-hybridized carbons (Fsp3) is 0.158. The summed E-state index contributed by atoms with van der Waals surface area (Å²) in [6.45, 7) is 0.0373. The van der Waals surface area contributed by atoms with Gasteiger partial charge in [-0.15, -0.1) is 0 Å². The molecule has 2 aromatic carbocycles. The fourth-order valence-electron chi connectivity index (χ4n) is 2.71. The van der Waals surface area contributed by atoms with Crippen LogP contribution in [0.5, 0.6) is 11.5 Å². The molecule has 0 radical (unpaired) electrons. The number of imide groups is 1. The fourth-order valence-corrected chi connectivity index (χ4v) is 4.17. The van der Waals surface area contributed by atoms with Crippen LogP contribution in [0.2, 0.25) is 0 Å². The third-order valence-electron chi connectivity index (χ3n) is 4.12. The lowest BCUT2D eigenvalue weighted by molar-refractivity contribution is -0.384. The number of halogens is 1. The van der Waals surface area contributed by atoms with Gasteiger partial charge in [0.05, 0.1) is 35.1 Å². The first-order valence-corrected chi connectivity index (χ1v) is 9.85. The molecule has 0 saturated carbocycles. The molecule has 1 saturated heterocycles. The molecule has 10 heteroatoms. The Hall–Kier alpha value is -2.85. The van der Waals surface area contributed by atoms with Crippen LogP contribution in [0.3, 0.4) is 0 Å². The number of rotatable bonds is 6. The largest absolute Gasteiger partial charge is 0.493 e. The second kappa shape index (κ2) is 8.66. The Labute approximate surface area is 178 Å². The molecule has 0 spiro atoms. The van der Waals surface area contributed by atoms with Gasteiger partial charge in [0.1, 0.15) is 0 Å². The first kappa shape index (κ1) is 20.9. The molecule has 1 aliphatic rings. The Bertz CT molecular complexity index is 1020. The van der Waals surface area contributed by atoms with Gasteiger partial charge in [0.25, 0.3) is 16.8 Å². The van der Waals surface area contributed by atoms with Crippen LogP contribution in [0.4, 0.5) is 10.5 Å². The van der Waals surface area contributed by atoms with Crippen LogP contribution < -0.4 is 9.47 Å². The van der Waals surface area contributed by atoms with Crippen LogP contribution in [0.1, 0.15) is 11.1 Å². The summed E-state index contributed by atoms with van der Waals surface area (Å²) >= 11 is 4.23. The maximum Gasteiger partial charge on any atom is 0.293 e. The predicted octanol–water partition coefficient (Wildman–Crippen LogP) is 4.61. The summed E-state index contributed by atoms with van der Waals surface area (Å²) in [5.41, 5.74) is 1.23. The topological polar surface area (TPSA) is 99.0 Å². The highest BCUT2D eigenvalue weighted by atomic mass is 79.9. The molecule has 0 bridgehead atoms. The van der Waals surface area contributed by atoms with E-state index in [-0.39, 0.29) is 17.1 Å². The number of nitro groups is 1. The summed E-state index contributed by atoms with van der Waals surface area (Å²) in [7, 11) is 3.03. The van der Waals surface area contributed by atoms with E-state index in [9.17, 15) is 19.7 Å². The Morgan fingerprint density at radius 3 is 2.45 bits per heavy atom. The lowest BCUT2D eigenvalue weighted by Gasteiger charge is -2.12. The highest BCUT2D eigenvalue weighted by Gasteiger charge is 2.35. The molecule has 0 aromatic heterocycles. The van der Waals surface area contributed by atoms with E-state index in [1.54, 1.807) is 18.2 Å². The van der Waals surface area contributed by atoms with Crippen molar-refractivity contribution in [2.75, 3.05) is 14.2 Å². The van der Waals surface area contributed by atoms with Crippen LogP contribution in [0.25, 0.3) is 6.08 Å². The van der Waals surface area contributed by atoms with Gasteiger partial charge in [-0.1, -0.05) is 12.1 Å². The van der Waals surface area contributed by atoms with Crippen LogP contribution in [0, 0.1) is 10.1 Å². The van der Waals surface area contributed by atoms with Gasteiger partial charge < -0.3 is 9.47 Å². The van der Waals surface area contributed by atoms with Crippen molar-refractivity contribution < 1.29 is 24.0 Å². The minimum atomic E-state index is -0.506. The normalized spacial score (nSPS) is 15.1. The van der Waals surface area contributed by atoms with Gasteiger partial charge >= 0.3 is 0 Å². The minimum absolute atomic E-state index is 0.0373. The Morgan fingerprint density at radius 1 is 1.17 bits per heavy atom. The standard InChI is InChI=1S/C19H15BrN2O6S/c1-27-15-8-12(7-14(20)17(15)28-2)9-16-18(23)21(19(24)29-16)10-11-3-5-13(6-4-11)22(25)26/h3-9H,10H2,1-2H3/b16-9-. The average Bonchev–Trinajstić information content (AvgIpc) is 2.95. The molecule has 1 heterocycles. The van der Waals surface area contributed by atoms with E-state index in [0.29, 0.717) is 27.1 Å². The average molecular weight is 479 g/mol. The van der Waals surface area contributed by atoms with E-state index >= 15 is 0 Å². The van der Waals surface area contributed by atoms with Crippen LogP contribution in [-0.4, -0.2) is 35.2 Å². The Balaban J connectivity index is 1.83. The van der Waals surface area contributed by atoms with Crippen molar-refractivity contribution in [3.8, 4) is 11.5 Å². The third kappa shape index (κ3) is 4.43. The summed E-state index contributed by atoms with van der Waals surface area (Å²) in [6, 6.07) is 9.18. The number of methoxy groups -OCH3 is 2. The maximum absolute atomic E-state index is 12.7. The quantitative estimate of drug-likeness (QED) is 0.339. The number of nitrogens with zero attached hydrogens (tertiary/aromatic N) is 2. The van der Waals surface area contributed by atoms with Crippen LogP contribution in [0.15, 0.2) is 45.8 Å². The molecule has 0 atom stereocenters. The zero-order valence-electron chi connectivity index (χ0n) is 15.4. The molecule has 1 fully saturated rings. The zero-order valence-corrected chi connectivity index (χ0v) is 17.8. The van der Waals surface area contributed by atoms with Crippen LogP contribution >= 0.6 is 27.7 Å². The van der Waals surface area contributed by atoms with Gasteiger partial charge in [0.2, 0.25) is 0 Å². The van der Waals surface area contributed by atoms with E-state index in [2.05, 4.69) is 15.9 Å². The summed E-state index contributed by atoms with van der Waals surface area (Å²) < 4.78 is 11.2. The second-order valence-corrected chi connectivity index (χ2v) is 7.78. The molecule has 0 N–H and O–H groups in total. The monoisotopic (exact) mass is 478 g/mol. The first-order valence-electron chi connectivity index (χ1n) is 8.24. The first-order chi connectivity index (χ1) is 13.8. The Morgan fingerprint density at radius 2 is 1.86 bits per heavy atom. The van der Waals surface area contributed by atoms with Crippen molar-refractivity contribution in [3.05, 3.63) is 67.0 Å². The molecule has 2 amide bonds. The maximum atomic E-state index is 12.7. The molecule has 0 aliphatic carbocycles.